The van der Waals surface area contributed by atoms with Crippen molar-refractivity contribution in [1.29, 1.82) is 0 Å². The third-order valence-corrected chi connectivity index (χ3v) is 3.69. The SMILES string of the molecule is Cc1ccc(Br)cc1C(=O)Nc1ccc(Br)cc1N. The third-order valence-electron chi connectivity index (χ3n) is 2.71. The van der Waals surface area contributed by atoms with Gasteiger partial charge in [-0.3, -0.25) is 4.79 Å². The summed E-state index contributed by atoms with van der Waals surface area (Å²) in [5.74, 6) is -0.173. The maximum absolute atomic E-state index is 12.2. The van der Waals surface area contributed by atoms with E-state index in [0.29, 0.717) is 16.9 Å². The van der Waals surface area contributed by atoms with E-state index in [1.807, 2.05) is 25.1 Å². The van der Waals surface area contributed by atoms with E-state index in [1.54, 1.807) is 18.2 Å². The molecule has 5 heteroatoms. The highest BCUT2D eigenvalue weighted by atomic mass is 79.9. The molecule has 0 radical (unpaired) electrons. The minimum Gasteiger partial charge on any atom is -0.397 e. The average Bonchev–Trinajstić information content (AvgIpc) is 2.35. The summed E-state index contributed by atoms with van der Waals surface area (Å²) in [6.45, 7) is 1.90. The number of rotatable bonds is 2. The lowest BCUT2D eigenvalue weighted by atomic mass is 10.1. The Kier molecular flexibility index (Phi) is 4.27. The standard InChI is InChI=1S/C14H12Br2N2O/c1-8-2-3-9(15)6-11(8)14(19)18-13-5-4-10(16)7-12(13)17/h2-7H,17H2,1H3,(H,18,19). The van der Waals surface area contributed by atoms with E-state index < -0.39 is 0 Å². The first-order valence-electron chi connectivity index (χ1n) is 5.60. The number of nitrogens with one attached hydrogen (secondary N) is 1. The summed E-state index contributed by atoms with van der Waals surface area (Å²) in [5, 5.41) is 2.82. The number of nitrogens with two attached hydrogens (primary N) is 1. The van der Waals surface area contributed by atoms with Crippen LogP contribution in [0.1, 0.15) is 15.9 Å². The van der Waals surface area contributed by atoms with Gasteiger partial charge in [-0.05, 0) is 42.8 Å². The first-order valence-corrected chi connectivity index (χ1v) is 7.18. The van der Waals surface area contributed by atoms with Crippen LogP contribution in [0.2, 0.25) is 0 Å². The lowest BCUT2D eigenvalue weighted by Gasteiger charge is -2.10. The average molecular weight is 384 g/mol. The fraction of sp³-hybridized carbons (Fsp3) is 0.0714. The molecule has 2 aromatic carbocycles. The Labute approximate surface area is 128 Å². The fourth-order valence-electron chi connectivity index (χ4n) is 1.68. The van der Waals surface area contributed by atoms with Gasteiger partial charge in [0, 0.05) is 14.5 Å². The Balaban J connectivity index is 2.28. The first-order chi connectivity index (χ1) is 8.97. The number of carbonyl (C=O) groups is 1. The van der Waals surface area contributed by atoms with Gasteiger partial charge >= 0.3 is 0 Å². The molecule has 1 amide bonds. The van der Waals surface area contributed by atoms with Crippen molar-refractivity contribution in [2.45, 2.75) is 6.92 Å². The molecule has 2 rings (SSSR count). The van der Waals surface area contributed by atoms with Crippen molar-refractivity contribution in [2.24, 2.45) is 0 Å². The second-order valence-corrected chi connectivity index (χ2v) is 5.98. The summed E-state index contributed by atoms with van der Waals surface area (Å²) in [6, 6.07) is 10.9. The molecule has 0 fully saturated rings. The Bertz CT molecular complexity index is 641. The number of anilines is 2. The predicted octanol–water partition coefficient (Wildman–Crippen LogP) is 4.35. The number of amides is 1. The van der Waals surface area contributed by atoms with Crippen molar-refractivity contribution in [3.8, 4) is 0 Å². The largest absolute Gasteiger partial charge is 0.397 e. The van der Waals surface area contributed by atoms with E-state index in [1.165, 1.54) is 0 Å². The molecule has 0 atom stereocenters. The van der Waals surface area contributed by atoms with Gasteiger partial charge < -0.3 is 11.1 Å². The van der Waals surface area contributed by atoms with Crippen LogP contribution in [0, 0.1) is 6.92 Å². The van der Waals surface area contributed by atoms with Gasteiger partial charge in [0.2, 0.25) is 0 Å². The number of halogens is 2. The van der Waals surface area contributed by atoms with Crippen LogP contribution in [0.5, 0.6) is 0 Å². The number of hydrogen-bond donors (Lipinski definition) is 2. The number of hydrogen-bond acceptors (Lipinski definition) is 2. The lowest BCUT2D eigenvalue weighted by molar-refractivity contribution is 0.102. The zero-order valence-corrected chi connectivity index (χ0v) is 13.4. The Morgan fingerprint density at radius 2 is 1.74 bits per heavy atom. The summed E-state index contributed by atoms with van der Waals surface area (Å²) < 4.78 is 1.74. The zero-order chi connectivity index (χ0) is 14.0. The van der Waals surface area contributed by atoms with Crippen molar-refractivity contribution in [3.05, 3.63) is 56.5 Å². The van der Waals surface area contributed by atoms with Crippen LogP contribution in [0.4, 0.5) is 11.4 Å². The maximum Gasteiger partial charge on any atom is 0.256 e. The Hall–Kier alpha value is -1.33. The molecular weight excluding hydrogens is 372 g/mol. The monoisotopic (exact) mass is 382 g/mol. The first kappa shape index (κ1) is 14.1. The summed E-state index contributed by atoms with van der Waals surface area (Å²) in [5.41, 5.74) is 8.52. The van der Waals surface area contributed by atoms with Gasteiger partial charge in [0.1, 0.15) is 0 Å². The number of nitrogen functional groups attached to an aromatic ring is 1. The molecule has 0 saturated carbocycles. The second-order valence-electron chi connectivity index (χ2n) is 4.14. The summed E-state index contributed by atoms with van der Waals surface area (Å²) in [7, 11) is 0. The summed E-state index contributed by atoms with van der Waals surface area (Å²) in [6.07, 6.45) is 0. The normalized spacial score (nSPS) is 10.3. The Morgan fingerprint density at radius 3 is 2.42 bits per heavy atom. The maximum atomic E-state index is 12.2. The predicted molar refractivity (Wildman–Crippen MR) is 85.4 cm³/mol. The van der Waals surface area contributed by atoms with Crippen molar-refractivity contribution in [3.63, 3.8) is 0 Å². The van der Waals surface area contributed by atoms with Crippen molar-refractivity contribution in [1.82, 2.24) is 0 Å². The van der Waals surface area contributed by atoms with Crippen molar-refractivity contribution < 1.29 is 4.79 Å². The highest BCUT2D eigenvalue weighted by Crippen LogP contribution is 2.24. The Morgan fingerprint density at radius 1 is 1.11 bits per heavy atom. The molecule has 0 unspecified atom stereocenters. The van der Waals surface area contributed by atoms with Gasteiger partial charge in [0.05, 0.1) is 11.4 Å². The topological polar surface area (TPSA) is 55.1 Å². The molecule has 0 saturated heterocycles. The zero-order valence-electron chi connectivity index (χ0n) is 10.2. The molecular formula is C14H12Br2N2O. The van der Waals surface area contributed by atoms with Crippen LogP contribution >= 0.6 is 31.9 Å². The van der Waals surface area contributed by atoms with Crippen molar-refractivity contribution in [2.75, 3.05) is 11.1 Å². The van der Waals surface area contributed by atoms with Crippen LogP contribution in [0.3, 0.4) is 0 Å². The molecule has 0 aliphatic heterocycles. The van der Waals surface area contributed by atoms with Gasteiger partial charge in [-0.1, -0.05) is 37.9 Å². The van der Waals surface area contributed by atoms with E-state index in [0.717, 1.165) is 14.5 Å². The van der Waals surface area contributed by atoms with Crippen LogP contribution < -0.4 is 11.1 Å². The van der Waals surface area contributed by atoms with Crippen LogP contribution in [-0.2, 0) is 0 Å². The van der Waals surface area contributed by atoms with E-state index in [4.69, 9.17) is 5.73 Å². The third kappa shape index (κ3) is 3.36. The molecule has 2 aromatic rings. The number of aryl methyl sites for hydroxylation is 1. The molecule has 19 heavy (non-hydrogen) atoms. The van der Waals surface area contributed by atoms with Crippen LogP contribution in [0.25, 0.3) is 0 Å². The van der Waals surface area contributed by atoms with Gasteiger partial charge in [-0.2, -0.15) is 0 Å². The molecule has 0 spiro atoms. The summed E-state index contributed by atoms with van der Waals surface area (Å²) >= 11 is 6.69. The van der Waals surface area contributed by atoms with E-state index in [9.17, 15) is 4.79 Å². The molecule has 0 aromatic heterocycles. The fourth-order valence-corrected chi connectivity index (χ4v) is 2.42. The minimum absolute atomic E-state index is 0.173. The summed E-state index contributed by atoms with van der Waals surface area (Å²) in [4.78, 5) is 12.2. The molecule has 0 aliphatic carbocycles. The number of benzene rings is 2. The second kappa shape index (κ2) is 5.75. The molecule has 0 aliphatic rings. The highest BCUT2D eigenvalue weighted by Gasteiger charge is 2.11. The number of carbonyl (C=O) groups excluding carboxylic acids is 1. The highest BCUT2D eigenvalue weighted by molar-refractivity contribution is 9.10. The minimum atomic E-state index is -0.173. The van der Waals surface area contributed by atoms with Gasteiger partial charge in [-0.25, -0.2) is 0 Å². The molecule has 98 valence electrons. The van der Waals surface area contributed by atoms with Gasteiger partial charge in [0.15, 0.2) is 0 Å². The van der Waals surface area contributed by atoms with E-state index in [-0.39, 0.29) is 5.91 Å². The van der Waals surface area contributed by atoms with Crippen LogP contribution in [-0.4, -0.2) is 5.91 Å². The van der Waals surface area contributed by atoms with E-state index >= 15 is 0 Å². The van der Waals surface area contributed by atoms with Crippen LogP contribution in [0.15, 0.2) is 45.3 Å². The molecule has 3 nitrogen and oxygen atoms in total. The molecule has 0 bridgehead atoms. The van der Waals surface area contributed by atoms with E-state index in [2.05, 4.69) is 37.2 Å². The molecule has 0 heterocycles. The van der Waals surface area contributed by atoms with Crippen molar-refractivity contribution >= 4 is 49.1 Å². The van der Waals surface area contributed by atoms with Gasteiger partial charge in [0.25, 0.3) is 5.91 Å². The lowest BCUT2D eigenvalue weighted by Crippen LogP contribution is -2.14. The quantitative estimate of drug-likeness (QED) is 0.757. The van der Waals surface area contributed by atoms with Gasteiger partial charge in [-0.15, -0.1) is 0 Å². The molecule has 3 N–H and O–H groups in total. The smallest absolute Gasteiger partial charge is 0.256 e.